The van der Waals surface area contributed by atoms with Crippen LogP contribution in [0.3, 0.4) is 0 Å². The molecule has 174 valence electrons. The largest absolute Gasteiger partial charge is 0.478 e. The van der Waals surface area contributed by atoms with Gasteiger partial charge in [-0.25, -0.2) is 9.59 Å². The van der Waals surface area contributed by atoms with Crippen molar-refractivity contribution >= 4 is 35.8 Å². The molecular formula is C21H24N6O6. The van der Waals surface area contributed by atoms with E-state index in [9.17, 15) is 24.3 Å². The molecule has 12 heteroatoms. The van der Waals surface area contributed by atoms with Gasteiger partial charge in [0.05, 0.1) is 18.7 Å². The fourth-order valence-electron chi connectivity index (χ4n) is 2.78. The smallest absolute Gasteiger partial charge is 0.335 e. The zero-order valence-corrected chi connectivity index (χ0v) is 17.8. The average Bonchev–Trinajstić information content (AvgIpc) is 2.81. The summed E-state index contributed by atoms with van der Waals surface area (Å²) >= 11 is 0. The Kier molecular flexibility index (Phi) is 9.31. The standard InChI is InChI=1S/C21H24N6O6/c1-2-33-21(32)17(6-13-4-3-5-23-10-13)27-18(28)11-24-19(29)14-7-15(20(30)31)9-16(8-14)25-12-26-22/h3-5,7-10,12,17H,2,6,11,22H2,1H3,(H,24,29)(H,25,26)(H,27,28)(H,30,31). The van der Waals surface area contributed by atoms with Gasteiger partial charge >= 0.3 is 11.9 Å². The number of hydrogen-bond acceptors (Lipinski definition) is 8. The minimum absolute atomic E-state index is 0.00655. The van der Waals surface area contributed by atoms with Gasteiger partial charge in [-0.15, -0.1) is 0 Å². The van der Waals surface area contributed by atoms with E-state index in [-0.39, 0.29) is 29.8 Å². The lowest BCUT2D eigenvalue weighted by Crippen LogP contribution is -2.47. The third-order valence-electron chi connectivity index (χ3n) is 4.23. The van der Waals surface area contributed by atoms with E-state index in [1.807, 2.05) is 0 Å². The second kappa shape index (κ2) is 12.4. The number of anilines is 1. The molecule has 2 aromatic rings. The zero-order chi connectivity index (χ0) is 24.2. The van der Waals surface area contributed by atoms with Crippen LogP contribution in [-0.2, 0) is 20.7 Å². The van der Waals surface area contributed by atoms with Gasteiger partial charge < -0.3 is 31.6 Å². The number of hydrazone groups is 1. The highest BCUT2D eigenvalue weighted by atomic mass is 16.5. The van der Waals surface area contributed by atoms with E-state index in [4.69, 9.17) is 10.6 Å². The summed E-state index contributed by atoms with van der Waals surface area (Å²) in [5.41, 5.74) is 0.816. The topological polar surface area (TPSA) is 185 Å². The van der Waals surface area contributed by atoms with Gasteiger partial charge in [0.2, 0.25) is 5.91 Å². The number of hydrogen-bond donors (Lipinski definition) is 5. The SMILES string of the molecule is CCOC(=O)C(Cc1cccnc1)NC(=O)CNC(=O)c1cc(NC=NN)cc(C(=O)O)c1. The predicted molar refractivity (Wildman–Crippen MR) is 119 cm³/mol. The maximum Gasteiger partial charge on any atom is 0.335 e. The third kappa shape index (κ3) is 7.94. The number of esters is 1. The minimum atomic E-state index is -1.25. The monoisotopic (exact) mass is 456 g/mol. The molecule has 0 aliphatic heterocycles. The van der Waals surface area contributed by atoms with E-state index in [0.717, 1.165) is 12.4 Å². The van der Waals surface area contributed by atoms with E-state index in [2.05, 4.69) is 26.0 Å². The first-order valence-corrected chi connectivity index (χ1v) is 9.83. The highest BCUT2D eigenvalue weighted by Crippen LogP contribution is 2.15. The number of nitrogens with one attached hydrogen (secondary N) is 3. The molecule has 2 amide bonds. The summed E-state index contributed by atoms with van der Waals surface area (Å²) in [4.78, 5) is 52.4. The molecule has 6 N–H and O–H groups in total. The van der Waals surface area contributed by atoms with Gasteiger partial charge in [0.25, 0.3) is 5.91 Å². The molecule has 0 aliphatic rings. The second-order valence-corrected chi connectivity index (χ2v) is 6.65. The number of benzene rings is 1. The molecule has 12 nitrogen and oxygen atoms in total. The Morgan fingerprint density at radius 1 is 1.24 bits per heavy atom. The molecule has 0 radical (unpaired) electrons. The number of carboxylic acids is 1. The number of carbonyl (C=O) groups excluding carboxylic acids is 3. The van der Waals surface area contributed by atoms with Crippen LogP contribution < -0.4 is 21.8 Å². The normalized spacial score (nSPS) is 11.4. The summed E-state index contributed by atoms with van der Waals surface area (Å²) in [6.45, 7) is 1.33. The molecule has 0 bridgehead atoms. The molecule has 0 spiro atoms. The number of amides is 2. The Morgan fingerprint density at radius 3 is 2.64 bits per heavy atom. The van der Waals surface area contributed by atoms with Crippen LogP contribution in [0.15, 0.2) is 47.8 Å². The molecule has 1 aromatic carbocycles. The number of aromatic carboxylic acids is 1. The average molecular weight is 456 g/mol. The minimum Gasteiger partial charge on any atom is -0.478 e. The van der Waals surface area contributed by atoms with Crippen LogP contribution in [0.4, 0.5) is 5.69 Å². The highest BCUT2D eigenvalue weighted by molar-refractivity contribution is 6.01. The molecule has 33 heavy (non-hydrogen) atoms. The van der Waals surface area contributed by atoms with E-state index in [1.165, 1.54) is 12.1 Å². The number of nitrogens with zero attached hydrogens (tertiary/aromatic N) is 2. The molecule has 0 fully saturated rings. The molecular weight excluding hydrogens is 432 g/mol. The van der Waals surface area contributed by atoms with Crippen molar-refractivity contribution < 1.29 is 29.0 Å². The Bertz CT molecular complexity index is 1030. The van der Waals surface area contributed by atoms with Gasteiger partial charge in [-0.2, -0.15) is 5.10 Å². The molecule has 0 saturated carbocycles. The number of pyridine rings is 1. The van der Waals surface area contributed by atoms with Gasteiger partial charge in [0.1, 0.15) is 12.4 Å². The number of aromatic nitrogens is 1. The fourth-order valence-corrected chi connectivity index (χ4v) is 2.78. The third-order valence-corrected chi connectivity index (χ3v) is 4.23. The van der Waals surface area contributed by atoms with Crippen molar-refractivity contribution in [3.63, 3.8) is 0 Å². The summed E-state index contributed by atoms with van der Waals surface area (Å²) in [6, 6.07) is 6.29. The van der Waals surface area contributed by atoms with Gasteiger partial charge in [-0.05, 0) is 36.8 Å². The Morgan fingerprint density at radius 2 is 2.00 bits per heavy atom. The van der Waals surface area contributed by atoms with Crippen LogP contribution >= 0.6 is 0 Å². The summed E-state index contributed by atoms with van der Waals surface area (Å²) < 4.78 is 5.01. The van der Waals surface area contributed by atoms with Gasteiger partial charge in [-0.1, -0.05) is 6.07 Å². The van der Waals surface area contributed by atoms with Gasteiger partial charge in [-0.3, -0.25) is 14.6 Å². The zero-order valence-electron chi connectivity index (χ0n) is 17.8. The maximum atomic E-state index is 12.5. The number of rotatable bonds is 11. The molecule has 2 rings (SSSR count). The van der Waals surface area contributed by atoms with Crippen LogP contribution in [0.1, 0.15) is 33.2 Å². The lowest BCUT2D eigenvalue weighted by atomic mass is 10.1. The highest BCUT2D eigenvalue weighted by Gasteiger charge is 2.23. The Labute approximate surface area is 189 Å². The number of nitrogens with two attached hydrogens (primary N) is 1. The fraction of sp³-hybridized carbons (Fsp3) is 0.238. The first-order chi connectivity index (χ1) is 15.8. The van der Waals surface area contributed by atoms with Crippen LogP contribution in [0.2, 0.25) is 0 Å². The number of ether oxygens (including phenoxy) is 1. The Hall–Kier alpha value is -4.48. The van der Waals surface area contributed by atoms with Crippen LogP contribution in [0.25, 0.3) is 0 Å². The lowest BCUT2D eigenvalue weighted by Gasteiger charge is -2.17. The predicted octanol–water partition coefficient (Wildman–Crippen LogP) is 0.114. The summed E-state index contributed by atoms with van der Waals surface area (Å²) in [6.07, 6.45) is 4.43. The van der Waals surface area contributed by atoms with Crippen molar-refractivity contribution in [1.82, 2.24) is 15.6 Å². The first kappa shape index (κ1) is 24.8. The lowest BCUT2D eigenvalue weighted by molar-refractivity contribution is -0.147. The van der Waals surface area contributed by atoms with Gasteiger partial charge in [0, 0.05) is 30.1 Å². The van der Waals surface area contributed by atoms with Crippen molar-refractivity contribution in [2.75, 3.05) is 18.5 Å². The molecule has 1 unspecified atom stereocenters. The number of carboxylic acid groups (broad SMARTS) is 1. The van der Waals surface area contributed by atoms with E-state index < -0.39 is 36.3 Å². The van der Waals surface area contributed by atoms with Crippen molar-refractivity contribution in [2.45, 2.75) is 19.4 Å². The van der Waals surface area contributed by atoms with Crippen LogP contribution in [0, 0.1) is 0 Å². The molecule has 0 saturated heterocycles. The number of carbonyl (C=O) groups is 4. The molecule has 1 heterocycles. The second-order valence-electron chi connectivity index (χ2n) is 6.65. The van der Waals surface area contributed by atoms with E-state index in [1.54, 1.807) is 31.5 Å². The molecule has 1 atom stereocenters. The van der Waals surface area contributed by atoms with Crippen LogP contribution in [0.5, 0.6) is 0 Å². The summed E-state index contributed by atoms with van der Waals surface area (Å²) in [5, 5.41) is 20.0. The molecule has 0 aliphatic carbocycles. The van der Waals surface area contributed by atoms with Crippen molar-refractivity contribution in [3.05, 3.63) is 59.4 Å². The quantitative estimate of drug-likeness (QED) is 0.103. The van der Waals surface area contributed by atoms with Gasteiger partial charge in [0.15, 0.2) is 0 Å². The van der Waals surface area contributed by atoms with Crippen LogP contribution in [-0.4, -0.2) is 59.4 Å². The molecule has 1 aromatic heterocycles. The van der Waals surface area contributed by atoms with E-state index in [0.29, 0.717) is 5.56 Å². The van der Waals surface area contributed by atoms with Crippen molar-refractivity contribution in [2.24, 2.45) is 10.9 Å². The van der Waals surface area contributed by atoms with Crippen molar-refractivity contribution in [3.8, 4) is 0 Å². The maximum absolute atomic E-state index is 12.5. The summed E-state index contributed by atoms with van der Waals surface area (Å²) in [5.74, 6) is 1.82. The van der Waals surface area contributed by atoms with Crippen molar-refractivity contribution in [1.29, 1.82) is 0 Å². The van der Waals surface area contributed by atoms with E-state index >= 15 is 0 Å². The summed E-state index contributed by atoms with van der Waals surface area (Å²) in [7, 11) is 0. The first-order valence-electron chi connectivity index (χ1n) is 9.83. The Balaban J connectivity index is 2.05.